The number of carbonyl (C=O) groups is 5. The SMILES string of the molecule is CCCC1(CCC)NC(=O)N(CC(=O)OCC(=O)NC(=O)NCC(C)C)C1=O. The third kappa shape index (κ3) is 6.50. The first-order valence-corrected chi connectivity index (χ1v) is 9.52. The van der Waals surface area contributed by atoms with Crippen LogP contribution in [0.25, 0.3) is 0 Å². The van der Waals surface area contributed by atoms with Gasteiger partial charge in [0.2, 0.25) is 0 Å². The van der Waals surface area contributed by atoms with Crippen molar-refractivity contribution in [1.82, 2.24) is 20.9 Å². The van der Waals surface area contributed by atoms with Crippen molar-refractivity contribution in [2.75, 3.05) is 19.7 Å². The lowest BCUT2D eigenvalue weighted by Crippen LogP contribution is -2.47. The number of ether oxygens (including phenoxy) is 1. The van der Waals surface area contributed by atoms with Crippen LogP contribution in [0, 0.1) is 5.92 Å². The minimum Gasteiger partial charge on any atom is -0.454 e. The lowest BCUT2D eigenvalue weighted by molar-refractivity contribution is -0.151. The van der Waals surface area contributed by atoms with Gasteiger partial charge in [0.15, 0.2) is 6.61 Å². The van der Waals surface area contributed by atoms with E-state index in [-0.39, 0.29) is 5.92 Å². The largest absolute Gasteiger partial charge is 0.454 e. The third-order valence-corrected chi connectivity index (χ3v) is 4.17. The summed E-state index contributed by atoms with van der Waals surface area (Å²) in [6.45, 7) is 6.72. The molecule has 1 heterocycles. The highest BCUT2D eigenvalue weighted by molar-refractivity contribution is 6.08. The first-order valence-electron chi connectivity index (χ1n) is 9.52. The molecule has 0 atom stereocenters. The van der Waals surface area contributed by atoms with E-state index in [4.69, 9.17) is 4.74 Å². The summed E-state index contributed by atoms with van der Waals surface area (Å²) in [5, 5.41) is 7.20. The van der Waals surface area contributed by atoms with E-state index < -0.39 is 48.5 Å². The third-order valence-electron chi connectivity index (χ3n) is 4.17. The molecular weight excluding hydrogens is 368 g/mol. The molecule has 3 N–H and O–H groups in total. The molecule has 158 valence electrons. The van der Waals surface area contributed by atoms with Crippen LogP contribution < -0.4 is 16.0 Å². The number of esters is 1. The highest BCUT2D eigenvalue weighted by Crippen LogP contribution is 2.27. The van der Waals surface area contributed by atoms with E-state index in [0.717, 1.165) is 4.90 Å². The van der Waals surface area contributed by atoms with Gasteiger partial charge in [-0.2, -0.15) is 0 Å². The van der Waals surface area contributed by atoms with Crippen molar-refractivity contribution in [1.29, 1.82) is 0 Å². The lowest BCUT2D eigenvalue weighted by Gasteiger charge is -2.25. The van der Waals surface area contributed by atoms with Gasteiger partial charge in [0, 0.05) is 6.54 Å². The molecule has 1 fully saturated rings. The molecule has 1 aliphatic rings. The Balaban J connectivity index is 2.52. The van der Waals surface area contributed by atoms with Crippen LogP contribution in [0.4, 0.5) is 9.59 Å². The number of hydrogen-bond acceptors (Lipinski definition) is 6. The summed E-state index contributed by atoms with van der Waals surface area (Å²) in [5.41, 5.74) is -0.993. The Morgan fingerprint density at radius 2 is 1.75 bits per heavy atom. The Kier molecular flexibility index (Phi) is 8.87. The average molecular weight is 398 g/mol. The van der Waals surface area contributed by atoms with Gasteiger partial charge in [-0.05, 0) is 18.8 Å². The summed E-state index contributed by atoms with van der Waals surface area (Å²) in [5.74, 6) is -1.96. The van der Waals surface area contributed by atoms with Crippen LogP contribution in [-0.4, -0.2) is 60.0 Å². The van der Waals surface area contributed by atoms with Crippen molar-refractivity contribution in [3.8, 4) is 0 Å². The minimum atomic E-state index is -0.993. The standard InChI is InChI=1S/C18H30N4O6/c1-5-7-18(8-6-2)15(25)22(17(27)21-18)10-14(24)28-11-13(23)20-16(26)19-9-12(3)4/h12H,5-11H2,1-4H3,(H,21,27)(H2,19,20,23,26). The van der Waals surface area contributed by atoms with Crippen molar-refractivity contribution in [3.05, 3.63) is 0 Å². The zero-order chi connectivity index (χ0) is 21.3. The van der Waals surface area contributed by atoms with E-state index in [9.17, 15) is 24.0 Å². The zero-order valence-electron chi connectivity index (χ0n) is 16.9. The highest BCUT2D eigenvalue weighted by Gasteiger charge is 2.50. The van der Waals surface area contributed by atoms with Crippen LogP contribution in [0.1, 0.15) is 53.4 Å². The maximum absolute atomic E-state index is 12.7. The second kappa shape index (κ2) is 10.6. The first-order chi connectivity index (χ1) is 13.1. The van der Waals surface area contributed by atoms with Crippen molar-refractivity contribution in [2.45, 2.75) is 58.9 Å². The molecule has 1 saturated heterocycles. The number of rotatable bonds is 10. The summed E-state index contributed by atoms with van der Waals surface area (Å²) in [6.07, 6.45) is 2.35. The van der Waals surface area contributed by atoms with E-state index in [1.807, 2.05) is 33.0 Å². The fourth-order valence-electron chi connectivity index (χ4n) is 2.96. The van der Waals surface area contributed by atoms with Crippen LogP contribution in [0.5, 0.6) is 0 Å². The van der Waals surface area contributed by atoms with E-state index >= 15 is 0 Å². The van der Waals surface area contributed by atoms with Crippen molar-refractivity contribution in [3.63, 3.8) is 0 Å². The zero-order valence-corrected chi connectivity index (χ0v) is 16.9. The molecule has 0 unspecified atom stereocenters. The number of imide groups is 2. The second-order valence-corrected chi connectivity index (χ2v) is 7.22. The summed E-state index contributed by atoms with van der Waals surface area (Å²) >= 11 is 0. The van der Waals surface area contributed by atoms with Crippen molar-refractivity contribution >= 4 is 29.8 Å². The fourth-order valence-corrected chi connectivity index (χ4v) is 2.96. The molecule has 0 spiro atoms. The summed E-state index contributed by atoms with van der Waals surface area (Å²) in [6, 6.07) is -1.34. The van der Waals surface area contributed by atoms with Gasteiger partial charge in [-0.25, -0.2) is 9.59 Å². The minimum absolute atomic E-state index is 0.218. The topological polar surface area (TPSA) is 134 Å². The highest BCUT2D eigenvalue weighted by atomic mass is 16.5. The molecule has 1 aliphatic heterocycles. The van der Waals surface area contributed by atoms with Gasteiger partial charge < -0.3 is 15.4 Å². The normalized spacial score (nSPS) is 15.4. The van der Waals surface area contributed by atoms with Crippen LogP contribution in [-0.2, 0) is 19.1 Å². The van der Waals surface area contributed by atoms with Crippen LogP contribution >= 0.6 is 0 Å². The van der Waals surface area contributed by atoms with Crippen molar-refractivity contribution < 1.29 is 28.7 Å². The quantitative estimate of drug-likeness (QED) is 0.370. The van der Waals surface area contributed by atoms with Gasteiger partial charge in [-0.1, -0.05) is 40.5 Å². The molecule has 0 saturated carbocycles. The summed E-state index contributed by atoms with van der Waals surface area (Å²) < 4.78 is 4.77. The maximum Gasteiger partial charge on any atom is 0.326 e. The predicted octanol–water partition coefficient (Wildman–Crippen LogP) is 0.902. The second-order valence-electron chi connectivity index (χ2n) is 7.22. The van der Waals surface area contributed by atoms with Crippen molar-refractivity contribution in [2.24, 2.45) is 5.92 Å². The van der Waals surface area contributed by atoms with E-state index in [1.54, 1.807) is 0 Å². The summed E-state index contributed by atoms with van der Waals surface area (Å²) in [4.78, 5) is 60.7. The van der Waals surface area contributed by atoms with Crippen LogP contribution in [0.2, 0.25) is 0 Å². The molecule has 0 aromatic heterocycles. The van der Waals surface area contributed by atoms with E-state index in [2.05, 4.69) is 10.6 Å². The van der Waals surface area contributed by atoms with Gasteiger partial charge in [0.1, 0.15) is 12.1 Å². The monoisotopic (exact) mass is 398 g/mol. The molecule has 10 nitrogen and oxygen atoms in total. The molecule has 0 aromatic carbocycles. The lowest BCUT2D eigenvalue weighted by atomic mass is 9.88. The Labute approximate surface area is 164 Å². The van der Waals surface area contributed by atoms with Crippen LogP contribution in [0.3, 0.4) is 0 Å². The molecule has 28 heavy (non-hydrogen) atoms. The van der Waals surface area contributed by atoms with Gasteiger partial charge in [0.05, 0.1) is 0 Å². The fraction of sp³-hybridized carbons (Fsp3) is 0.722. The Hall–Kier alpha value is -2.65. The van der Waals surface area contributed by atoms with E-state index in [1.165, 1.54) is 0 Å². The number of hydrogen-bond donors (Lipinski definition) is 3. The molecule has 0 bridgehead atoms. The summed E-state index contributed by atoms with van der Waals surface area (Å²) in [7, 11) is 0. The van der Waals surface area contributed by atoms with Crippen LogP contribution in [0.15, 0.2) is 0 Å². The van der Waals surface area contributed by atoms with Gasteiger partial charge in [-0.3, -0.25) is 24.6 Å². The number of urea groups is 2. The Morgan fingerprint density at radius 3 is 2.29 bits per heavy atom. The molecule has 1 rings (SSSR count). The molecule has 0 aliphatic carbocycles. The van der Waals surface area contributed by atoms with Gasteiger partial charge >= 0.3 is 18.0 Å². The molecule has 0 aromatic rings. The first kappa shape index (κ1) is 23.4. The molecule has 6 amide bonds. The number of nitrogens with one attached hydrogen (secondary N) is 3. The molecule has 10 heteroatoms. The number of nitrogens with zero attached hydrogens (tertiary/aromatic N) is 1. The average Bonchev–Trinajstić information content (AvgIpc) is 2.83. The predicted molar refractivity (Wildman–Crippen MR) is 100 cm³/mol. The number of amides is 6. The number of carbonyl (C=O) groups excluding carboxylic acids is 5. The Morgan fingerprint density at radius 1 is 1.14 bits per heavy atom. The molecular formula is C18H30N4O6. The smallest absolute Gasteiger partial charge is 0.326 e. The van der Waals surface area contributed by atoms with Gasteiger partial charge in [-0.15, -0.1) is 0 Å². The van der Waals surface area contributed by atoms with E-state index in [0.29, 0.717) is 32.2 Å². The Bertz CT molecular complexity index is 613. The maximum atomic E-state index is 12.7. The molecule has 0 radical (unpaired) electrons. The van der Waals surface area contributed by atoms with Gasteiger partial charge in [0.25, 0.3) is 11.8 Å².